The van der Waals surface area contributed by atoms with E-state index in [1.54, 1.807) is 0 Å². The van der Waals surface area contributed by atoms with Gasteiger partial charge in [-0.1, -0.05) is 29.8 Å². The molecule has 0 saturated carbocycles. The van der Waals surface area contributed by atoms with Crippen molar-refractivity contribution in [1.29, 1.82) is 0 Å². The SMILES string of the molecule is Cc1ccsc1C(=O)N1CC=C(c2cccc(Cl)c2)CC1. The molecule has 0 aliphatic carbocycles. The first kappa shape index (κ1) is 14.4. The van der Waals surface area contributed by atoms with Gasteiger partial charge in [-0.3, -0.25) is 4.79 Å². The van der Waals surface area contributed by atoms with Crippen LogP contribution in [0.2, 0.25) is 5.02 Å². The Bertz CT molecular complexity index is 704. The molecule has 0 fully saturated rings. The van der Waals surface area contributed by atoms with E-state index in [-0.39, 0.29) is 5.91 Å². The van der Waals surface area contributed by atoms with E-state index in [1.165, 1.54) is 16.9 Å². The molecule has 2 heterocycles. The maximum atomic E-state index is 12.5. The highest BCUT2D eigenvalue weighted by molar-refractivity contribution is 7.12. The van der Waals surface area contributed by atoms with Crippen molar-refractivity contribution in [2.24, 2.45) is 0 Å². The molecule has 1 aromatic heterocycles. The fourth-order valence-electron chi connectivity index (χ4n) is 2.54. The average molecular weight is 318 g/mol. The van der Waals surface area contributed by atoms with Gasteiger partial charge in [0.05, 0.1) is 4.88 Å². The minimum absolute atomic E-state index is 0.142. The summed E-state index contributed by atoms with van der Waals surface area (Å²) in [6, 6.07) is 9.89. The Balaban J connectivity index is 1.75. The van der Waals surface area contributed by atoms with Crippen LogP contribution >= 0.6 is 22.9 Å². The van der Waals surface area contributed by atoms with Crippen molar-refractivity contribution in [3.05, 3.63) is 62.8 Å². The van der Waals surface area contributed by atoms with Gasteiger partial charge in [0.2, 0.25) is 0 Å². The molecule has 1 aliphatic heterocycles. The summed E-state index contributed by atoms with van der Waals surface area (Å²) in [5.74, 6) is 0.142. The van der Waals surface area contributed by atoms with E-state index in [9.17, 15) is 4.79 Å². The van der Waals surface area contributed by atoms with Gasteiger partial charge >= 0.3 is 0 Å². The quantitative estimate of drug-likeness (QED) is 0.790. The molecule has 1 amide bonds. The summed E-state index contributed by atoms with van der Waals surface area (Å²) in [7, 11) is 0. The third-order valence-electron chi connectivity index (χ3n) is 3.75. The van der Waals surface area contributed by atoms with Crippen LogP contribution in [0.4, 0.5) is 0 Å². The molecule has 4 heteroatoms. The van der Waals surface area contributed by atoms with Gasteiger partial charge < -0.3 is 4.90 Å². The zero-order valence-electron chi connectivity index (χ0n) is 11.8. The van der Waals surface area contributed by atoms with Crippen molar-refractivity contribution in [3.8, 4) is 0 Å². The predicted octanol–water partition coefficient (Wildman–Crippen LogP) is 4.64. The summed E-state index contributed by atoms with van der Waals surface area (Å²) >= 11 is 7.56. The Morgan fingerprint density at radius 2 is 2.19 bits per heavy atom. The number of benzene rings is 1. The molecule has 0 N–H and O–H groups in total. The van der Waals surface area contributed by atoms with Crippen molar-refractivity contribution >= 4 is 34.4 Å². The van der Waals surface area contributed by atoms with Crippen LogP contribution in [-0.2, 0) is 0 Å². The number of halogens is 1. The highest BCUT2D eigenvalue weighted by atomic mass is 35.5. The number of thiophene rings is 1. The topological polar surface area (TPSA) is 20.3 Å². The second-order valence-electron chi connectivity index (χ2n) is 5.17. The molecule has 0 unspecified atom stereocenters. The number of hydrogen-bond donors (Lipinski definition) is 0. The monoisotopic (exact) mass is 317 g/mol. The zero-order valence-corrected chi connectivity index (χ0v) is 13.4. The lowest BCUT2D eigenvalue weighted by Crippen LogP contribution is -2.34. The predicted molar refractivity (Wildman–Crippen MR) is 89.0 cm³/mol. The third-order valence-corrected chi connectivity index (χ3v) is 4.99. The lowest BCUT2D eigenvalue weighted by atomic mass is 9.99. The highest BCUT2D eigenvalue weighted by Gasteiger charge is 2.21. The molecule has 3 rings (SSSR count). The first-order valence-corrected chi connectivity index (χ1v) is 8.19. The van der Waals surface area contributed by atoms with Crippen molar-refractivity contribution in [1.82, 2.24) is 4.90 Å². The first-order chi connectivity index (χ1) is 10.1. The Labute approximate surface area is 133 Å². The number of amides is 1. The Morgan fingerprint density at radius 1 is 1.33 bits per heavy atom. The molecule has 1 aliphatic rings. The summed E-state index contributed by atoms with van der Waals surface area (Å²) in [6.07, 6.45) is 3.01. The molecule has 0 spiro atoms. The first-order valence-electron chi connectivity index (χ1n) is 6.93. The van der Waals surface area contributed by atoms with Gasteiger partial charge in [-0.2, -0.15) is 0 Å². The normalized spacial score (nSPS) is 15.0. The summed E-state index contributed by atoms with van der Waals surface area (Å²) in [6.45, 7) is 3.41. The number of rotatable bonds is 2. The van der Waals surface area contributed by atoms with E-state index in [0.29, 0.717) is 6.54 Å². The zero-order chi connectivity index (χ0) is 14.8. The van der Waals surface area contributed by atoms with Crippen LogP contribution in [0.15, 0.2) is 41.8 Å². The van der Waals surface area contributed by atoms with Crippen molar-refractivity contribution in [2.45, 2.75) is 13.3 Å². The van der Waals surface area contributed by atoms with E-state index in [0.717, 1.165) is 34.0 Å². The molecule has 0 saturated heterocycles. The van der Waals surface area contributed by atoms with Gasteiger partial charge in [-0.25, -0.2) is 0 Å². The standard InChI is InChI=1S/C17H16ClNOS/c1-12-7-10-21-16(12)17(20)19-8-5-13(6-9-19)14-3-2-4-15(18)11-14/h2-5,7,10-11H,6,8-9H2,1H3. The largest absolute Gasteiger partial charge is 0.334 e. The minimum Gasteiger partial charge on any atom is -0.334 e. The van der Waals surface area contributed by atoms with E-state index >= 15 is 0 Å². The summed E-state index contributed by atoms with van der Waals surface area (Å²) in [4.78, 5) is 15.2. The maximum Gasteiger partial charge on any atom is 0.264 e. The van der Waals surface area contributed by atoms with Crippen LogP contribution < -0.4 is 0 Å². The van der Waals surface area contributed by atoms with Gasteiger partial charge in [-0.05, 0) is 53.6 Å². The van der Waals surface area contributed by atoms with Crippen molar-refractivity contribution in [2.75, 3.05) is 13.1 Å². The maximum absolute atomic E-state index is 12.5. The van der Waals surface area contributed by atoms with Crippen LogP contribution in [0.3, 0.4) is 0 Å². The number of carbonyl (C=O) groups excluding carboxylic acids is 1. The van der Waals surface area contributed by atoms with Crippen LogP contribution in [0.25, 0.3) is 5.57 Å². The molecule has 108 valence electrons. The smallest absolute Gasteiger partial charge is 0.264 e. The Kier molecular flexibility index (Phi) is 4.13. The van der Waals surface area contributed by atoms with Crippen molar-refractivity contribution in [3.63, 3.8) is 0 Å². The molecule has 2 nitrogen and oxygen atoms in total. The Hall–Kier alpha value is -1.58. The number of nitrogens with zero attached hydrogens (tertiary/aromatic N) is 1. The van der Waals surface area contributed by atoms with E-state index < -0.39 is 0 Å². The molecule has 1 aromatic carbocycles. The molecule has 0 bridgehead atoms. The number of hydrogen-bond acceptors (Lipinski definition) is 2. The number of aryl methyl sites for hydroxylation is 1. The Morgan fingerprint density at radius 3 is 2.81 bits per heavy atom. The summed E-state index contributed by atoms with van der Waals surface area (Å²) < 4.78 is 0. The molecular formula is C17H16ClNOS. The van der Waals surface area contributed by atoms with Crippen LogP contribution in [0, 0.1) is 6.92 Å². The fourth-order valence-corrected chi connectivity index (χ4v) is 3.62. The van der Waals surface area contributed by atoms with Crippen molar-refractivity contribution < 1.29 is 4.79 Å². The molecular weight excluding hydrogens is 302 g/mol. The van der Waals surface area contributed by atoms with Crippen LogP contribution in [0.1, 0.15) is 27.2 Å². The minimum atomic E-state index is 0.142. The third kappa shape index (κ3) is 3.04. The van der Waals surface area contributed by atoms with Crippen LogP contribution in [-0.4, -0.2) is 23.9 Å². The van der Waals surface area contributed by atoms with E-state index in [2.05, 4.69) is 12.1 Å². The van der Waals surface area contributed by atoms with Gasteiger partial charge in [0.1, 0.15) is 0 Å². The average Bonchev–Trinajstić information content (AvgIpc) is 2.93. The van der Waals surface area contributed by atoms with Gasteiger partial charge in [0.25, 0.3) is 5.91 Å². The lowest BCUT2D eigenvalue weighted by Gasteiger charge is -2.26. The second kappa shape index (κ2) is 6.04. The number of carbonyl (C=O) groups is 1. The second-order valence-corrected chi connectivity index (χ2v) is 6.53. The van der Waals surface area contributed by atoms with Gasteiger partial charge in [0, 0.05) is 18.1 Å². The highest BCUT2D eigenvalue weighted by Crippen LogP contribution is 2.26. The molecule has 0 radical (unpaired) electrons. The molecule has 0 atom stereocenters. The van der Waals surface area contributed by atoms with Gasteiger partial charge in [-0.15, -0.1) is 11.3 Å². The fraction of sp³-hybridized carbons (Fsp3) is 0.235. The van der Waals surface area contributed by atoms with Crippen LogP contribution in [0.5, 0.6) is 0 Å². The summed E-state index contributed by atoms with van der Waals surface area (Å²) in [5.41, 5.74) is 3.49. The lowest BCUT2D eigenvalue weighted by molar-refractivity contribution is 0.0777. The molecule has 21 heavy (non-hydrogen) atoms. The van der Waals surface area contributed by atoms with Gasteiger partial charge in [0.15, 0.2) is 0 Å². The molecule has 2 aromatic rings. The van der Waals surface area contributed by atoms with E-state index in [1.807, 2.05) is 41.5 Å². The van der Waals surface area contributed by atoms with E-state index in [4.69, 9.17) is 11.6 Å². The summed E-state index contributed by atoms with van der Waals surface area (Å²) in [5, 5.41) is 2.72.